The molecule has 1 aliphatic heterocycles. The Bertz CT molecular complexity index is 1020. The number of nitrogens with zero attached hydrogens (tertiary/aromatic N) is 3. The predicted octanol–water partition coefficient (Wildman–Crippen LogP) is 0.829. The van der Waals surface area contributed by atoms with E-state index in [0.717, 1.165) is 0 Å². The van der Waals surface area contributed by atoms with Crippen molar-refractivity contribution in [1.29, 1.82) is 0 Å². The standard InChI is InChI=1S/C18H20N4O7S/c1-27-15-10-16(28-2)21-18(20-15)19-14(23)11-29-17(24)12-4-6-13(7-5-12)22-8-3-9-30(22,25)26/h4-7,10H,3,8-9,11H2,1-2H3,(H,19,20,21,23). The van der Waals surface area contributed by atoms with Gasteiger partial charge in [0.15, 0.2) is 6.61 Å². The number of aromatic nitrogens is 2. The van der Waals surface area contributed by atoms with E-state index in [2.05, 4.69) is 15.3 Å². The van der Waals surface area contributed by atoms with Crippen LogP contribution in [-0.2, 0) is 19.6 Å². The van der Waals surface area contributed by atoms with E-state index in [9.17, 15) is 18.0 Å². The van der Waals surface area contributed by atoms with Crippen LogP contribution in [-0.4, -0.2) is 63.4 Å². The van der Waals surface area contributed by atoms with Crippen LogP contribution in [0.3, 0.4) is 0 Å². The van der Waals surface area contributed by atoms with Gasteiger partial charge in [0.2, 0.25) is 27.7 Å². The molecule has 2 heterocycles. The molecule has 0 atom stereocenters. The molecule has 1 aromatic carbocycles. The topological polar surface area (TPSA) is 137 Å². The Balaban J connectivity index is 1.57. The van der Waals surface area contributed by atoms with E-state index in [-0.39, 0.29) is 29.0 Å². The van der Waals surface area contributed by atoms with E-state index in [4.69, 9.17) is 14.2 Å². The summed E-state index contributed by atoms with van der Waals surface area (Å²) in [6.07, 6.45) is 0.560. The van der Waals surface area contributed by atoms with E-state index < -0.39 is 28.5 Å². The number of amides is 1. The van der Waals surface area contributed by atoms with E-state index in [1.165, 1.54) is 48.9 Å². The first-order chi connectivity index (χ1) is 14.3. The molecule has 0 bridgehead atoms. The van der Waals surface area contributed by atoms with Crippen LogP contribution in [0.1, 0.15) is 16.8 Å². The molecular formula is C18H20N4O7S. The molecule has 3 rings (SSSR count). The zero-order chi connectivity index (χ0) is 21.7. The number of hydrogen-bond donors (Lipinski definition) is 1. The van der Waals surface area contributed by atoms with Crippen LogP contribution in [0.2, 0.25) is 0 Å². The maximum absolute atomic E-state index is 12.2. The molecule has 2 aromatic rings. The zero-order valence-corrected chi connectivity index (χ0v) is 17.1. The first-order valence-corrected chi connectivity index (χ1v) is 10.5. The number of carbonyl (C=O) groups excluding carboxylic acids is 2. The summed E-state index contributed by atoms with van der Waals surface area (Å²) in [7, 11) is -0.495. The van der Waals surface area contributed by atoms with Crippen LogP contribution in [0.4, 0.5) is 11.6 Å². The molecule has 0 unspecified atom stereocenters. The van der Waals surface area contributed by atoms with Crippen molar-refractivity contribution >= 4 is 33.5 Å². The summed E-state index contributed by atoms with van der Waals surface area (Å²) in [4.78, 5) is 32.1. The summed E-state index contributed by atoms with van der Waals surface area (Å²) >= 11 is 0. The van der Waals surface area contributed by atoms with Gasteiger partial charge in [-0.2, -0.15) is 9.97 Å². The predicted molar refractivity (Wildman–Crippen MR) is 106 cm³/mol. The number of carbonyl (C=O) groups is 2. The van der Waals surface area contributed by atoms with Crippen LogP contribution in [0, 0.1) is 0 Å². The number of anilines is 2. The molecule has 1 amide bonds. The SMILES string of the molecule is COc1cc(OC)nc(NC(=O)COC(=O)c2ccc(N3CCCS3(=O)=O)cc2)n1. The lowest BCUT2D eigenvalue weighted by Crippen LogP contribution is -2.25. The van der Waals surface area contributed by atoms with Crippen molar-refractivity contribution in [2.75, 3.05) is 42.7 Å². The highest BCUT2D eigenvalue weighted by atomic mass is 32.2. The molecule has 30 heavy (non-hydrogen) atoms. The molecule has 12 heteroatoms. The molecular weight excluding hydrogens is 416 g/mol. The third-order valence-electron chi connectivity index (χ3n) is 4.17. The molecule has 0 saturated carbocycles. The molecule has 1 aliphatic rings. The molecule has 0 radical (unpaired) electrons. The summed E-state index contributed by atoms with van der Waals surface area (Å²) < 4.78 is 40.2. The quantitative estimate of drug-likeness (QED) is 0.626. The van der Waals surface area contributed by atoms with Crippen molar-refractivity contribution in [2.24, 2.45) is 0 Å². The highest BCUT2D eigenvalue weighted by molar-refractivity contribution is 7.93. The highest BCUT2D eigenvalue weighted by Gasteiger charge is 2.28. The Kier molecular flexibility index (Phi) is 6.35. The van der Waals surface area contributed by atoms with Crippen molar-refractivity contribution in [2.45, 2.75) is 6.42 Å². The molecule has 0 aliphatic carbocycles. The maximum atomic E-state index is 12.2. The van der Waals surface area contributed by atoms with Gasteiger partial charge in [0.1, 0.15) is 0 Å². The second-order valence-electron chi connectivity index (χ2n) is 6.19. The van der Waals surface area contributed by atoms with Crippen molar-refractivity contribution < 1.29 is 32.2 Å². The number of ether oxygens (including phenoxy) is 3. The number of benzene rings is 1. The van der Waals surface area contributed by atoms with Crippen LogP contribution in [0.5, 0.6) is 11.8 Å². The van der Waals surface area contributed by atoms with Crippen LogP contribution < -0.4 is 19.1 Å². The Morgan fingerprint density at radius 1 is 1.10 bits per heavy atom. The van der Waals surface area contributed by atoms with Gasteiger partial charge in [-0.1, -0.05) is 0 Å². The lowest BCUT2D eigenvalue weighted by atomic mass is 10.2. The summed E-state index contributed by atoms with van der Waals surface area (Å²) in [5.74, 6) is -0.968. The maximum Gasteiger partial charge on any atom is 0.338 e. The number of hydrogen-bond acceptors (Lipinski definition) is 9. The first-order valence-electron chi connectivity index (χ1n) is 8.87. The Labute approximate surface area is 173 Å². The van der Waals surface area contributed by atoms with E-state index in [0.29, 0.717) is 18.7 Å². The van der Waals surface area contributed by atoms with Crippen molar-refractivity contribution in [3.63, 3.8) is 0 Å². The zero-order valence-electron chi connectivity index (χ0n) is 16.3. The number of nitrogens with one attached hydrogen (secondary N) is 1. The fourth-order valence-electron chi connectivity index (χ4n) is 2.74. The van der Waals surface area contributed by atoms with Crippen LogP contribution >= 0.6 is 0 Å². The molecule has 11 nitrogen and oxygen atoms in total. The van der Waals surface area contributed by atoms with Gasteiger partial charge in [-0.15, -0.1) is 0 Å². The lowest BCUT2D eigenvalue weighted by molar-refractivity contribution is -0.119. The minimum Gasteiger partial charge on any atom is -0.481 e. The minimum atomic E-state index is -3.30. The van der Waals surface area contributed by atoms with Crippen LogP contribution in [0.25, 0.3) is 0 Å². The Hall–Kier alpha value is -3.41. The van der Waals surface area contributed by atoms with E-state index in [1.807, 2.05) is 0 Å². The lowest BCUT2D eigenvalue weighted by Gasteiger charge is -2.16. The fraction of sp³-hybridized carbons (Fsp3) is 0.333. The summed E-state index contributed by atoms with van der Waals surface area (Å²) in [5, 5.41) is 2.38. The number of esters is 1. The third-order valence-corrected chi connectivity index (χ3v) is 6.04. The van der Waals surface area contributed by atoms with E-state index >= 15 is 0 Å². The average molecular weight is 436 g/mol. The fourth-order valence-corrected chi connectivity index (χ4v) is 4.30. The van der Waals surface area contributed by atoms with Gasteiger partial charge in [0.25, 0.3) is 5.91 Å². The third kappa shape index (κ3) is 4.95. The molecule has 1 N–H and O–H groups in total. The smallest absolute Gasteiger partial charge is 0.338 e. The van der Waals surface area contributed by atoms with Gasteiger partial charge in [-0.3, -0.25) is 14.4 Å². The second-order valence-corrected chi connectivity index (χ2v) is 8.20. The summed E-state index contributed by atoms with van der Waals surface area (Å²) in [6, 6.07) is 7.37. The van der Waals surface area contributed by atoms with E-state index in [1.54, 1.807) is 0 Å². The number of rotatable bonds is 7. The molecule has 1 fully saturated rings. The van der Waals surface area contributed by atoms with Crippen LogP contribution in [0.15, 0.2) is 30.3 Å². The summed E-state index contributed by atoms with van der Waals surface area (Å²) in [5.41, 5.74) is 0.661. The van der Waals surface area contributed by atoms with Crippen molar-refractivity contribution in [3.8, 4) is 11.8 Å². The number of sulfonamides is 1. The minimum absolute atomic E-state index is 0.0663. The average Bonchev–Trinajstić information content (AvgIpc) is 3.10. The molecule has 0 spiro atoms. The number of methoxy groups -OCH3 is 2. The molecule has 1 saturated heterocycles. The Morgan fingerprint density at radius 2 is 1.73 bits per heavy atom. The van der Waals surface area contributed by atoms with Gasteiger partial charge in [-0.25, -0.2) is 13.2 Å². The van der Waals surface area contributed by atoms with Gasteiger partial charge in [0.05, 0.1) is 37.3 Å². The van der Waals surface area contributed by atoms with Gasteiger partial charge in [0, 0.05) is 6.54 Å². The normalized spacial score (nSPS) is 14.8. The monoisotopic (exact) mass is 436 g/mol. The highest BCUT2D eigenvalue weighted by Crippen LogP contribution is 2.24. The largest absolute Gasteiger partial charge is 0.481 e. The Morgan fingerprint density at radius 3 is 2.27 bits per heavy atom. The van der Waals surface area contributed by atoms with Crippen molar-refractivity contribution in [1.82, 2.24) is 9.97 Å². The second kappa shape index (κ2) is 8.95. The van der Waals surface area contributed by atoms with Crippen molar-refractivity contribution in [3.05, 3.63) is 35.9 Å². The van der Waals surface area contributed by atoms with Gasteiger partial charge < -0.3 is 14.2 Å². The summed E-state index contributed by atoms with van der Waals surface area (Å²) in [6.45, 7) is -0.159. The first kappa shape index (κ1) is 21.3. The van der Waals surface area contributed by atoms with Gasteiger partial charge >= 0.3 is 5.97 Å². The molecule has 160 valence electrons. The van der Waals surface area contributed by atoms with Gasteiger partial charge in [-0.05, 0) is 30.7 Å². The molecule has 1 aromatic heterocycles.